The lowest BCUT2D eigenvalue weighted by molar-refractivity contribution is -0.663. The van der Waals surface area contributed by atoms with E-state index in [-0.39, 0.29) is 51.3 Å². The first-order valence-electron chi connectivity index (χ1n) is 16.8. The van der Waals surface area contributed by atoms with Gasteiger partial charge in [-0.2, -0.15) is 18.0 Å². The van der Waals surface area contributed by atoms with Gasteiger partial charge in [0, 0.05) is 43.5 Å². The maximum Gasteiger partial charge on any atom is 0.334 e. The van der Waals surface area contributed by atoms with Gasteiger partial charge in [0.15, 0.2) is 12.1 Å². The summed E-state index contributed by atoms with van der Waals surface area (Å²) in [7, 11) is -2.72. The van der Waals surface area contributed by atoms with E-state index in [9.17, 15) is 22.8 Å². The number of pyridine rings is 1. The molecule has 2 aromatic heterocycles. The van der Waals surface area contributed by atoms with E-state index in [2.05, 4.69) is 9.55 Å². The number of hydrogen-bond acceptors (Lipinski definition) is 13. The lowest BCUT2D eigenvalue weighted by Crippen LogP contribution is -2.39. The number of ether oxygens (including phenoxy) is 5. The lowest BCUT2D eigenvalue weighted by Gasteiger charge is -2.15. The van der Waals surface area contributed by atoms with Crippen molar-refractivity contribution in [1.82, 2.24) is 10.0 Å². The van der Waals surface area contributed by atoms with Crippen LogP contribution in [0.1, 0.15) is 25.7 Å². The minimum Gasteiger partial charge on any atom is -0.493 e. The number of para-hydroxylation sites is 1. The van der Waals surface area contributed by atoms with Crippen LogP contribution < -0.4 is 9.30 Å². The van der Waals surface area contributed by atoms with Crippen molar-refractivity contribution in [3.8, 4) is 17.3 Å². The highest BCUT2D eigenvalue weighted by atomic mass is 32.2. The molecule has 17 heteroatoms. The Balaban J connectivity index is 1.14. The van der Waals surface area contributed by atoms with E-state index in [0.29, 0.717) is 75.2 Å². The van der Waals surface area contributed by atoms with Gasteiger partial charge in [0.2, 0.25) is 5.52 Å². The van der Waals surface area contributed by atoms with Crippen LogP contribution in [-0.2, 0) is 54.8 Å². The second kappa shape index (κ2) is 21.1. The third-order valence-corrected chi connectivity index (χ3v) is 8.23. The number of hydrogen-bond donors (Lipinski definition) is 1. The summed E-state index contributed by atoms with van der Waals surface area (Å²) in [4.78, 5) is 43.3. The van der Waals surface area contributed by atoms with Gasteiger partial charge in [0.1, 0.15) is 24.2 Å². The minimum atomic E-state index is -4.04. The van der Waals surface area contributed by atoms with E-state index >= 15 is 0 Å². The fraction of sp³-hybridized carbons (Fsp3) is 0.457. The number of nitrogens with zero attached hydrogens (tertiary/aromatic N) is 3. The van der Waals surface area contributed by atoms with Gasteiger partial charge in [-0.3, -0.25) is 9.35 Å². The molecule has 2 aromatic carbocycles. The molecule has 16 nitrogen and oxygen atoms in total. The van der Waals surface area contributed by atoms with Gasteiger partial charge in [0.25, 0.3) is 27.6 Å². The van der Waals surface area contributed by atoms with E-state index in [1.807, 2.05) is 36.4 Å². The van der Waals surface area contributed by atoms with Gasteiger partial charge in [-0.05, 0) is 30.7 Å². The Hall–Kier alpha value is -4.52. The predicted molar refractivity (Wildman–Crippen MR) is 186 cm³/mol. The van der Waals surface area contributed by atoms with Crippen LogP contribution in [0, 0.1) is 0 Å². The molecule has 1 amide bonds. The highest BCUT2D eigenvalue weighted by molar-refractivity contribution is 7.85. The van der Waals surface area contributed by atoms with E-state index < -0.39 is 22.0 Å². The number of amides is 1. The number of oxazole rings is 1. The van der Waals surface area contributed by atoms with Gasteiger partial charge in [-0.15, -0.1) is 0 Å². The number of carbonyl (C=O) groups excluding carboxylic acids is 3. The summed E-state index contributed by atoms with van der Waals surface area (Å²) in [6, 6.07) is 17.1. The van der Waals surface area contributed by atoms with Crippen molar-refractivity contribution in [2.75, 3.05) is 72.3 Å². The zero-order chi connectivity index (χ0) is 37.2. The second-order valence-corrected chi connectivity index (χ2v) is 12.9. The molecular formula is C35H44N3O13S+. The van der Waals surface area contributed by atoms with Crippen LogP contribution in [0.5, 0.6) is 5.75 Å². The first-order valence-corrected chi connectivity index (χ1v) is 18.4. The van der Waals surface area contributed by atoms with Gasteiger partial charge < -0.3 is 37.7 Å². The molecule has 0 aliphatic carbocycles. The number of fused-ring (bicyclic) bond motifs is 2. The van der Waals surface area contributed by atoms with Crippen LogP contribution in [0.25, 0.3) is 33.6 Å². The molecule has 0 aliphatic rings. The molecule has 0 radical (unpaired) electrons. The van der Waals surface area contributed by atoms with Crippen LogP contribution in [0.4, 0.5) is 0 Å². The predicted octanol–water partition coefficient (Wildman–Crippen LogP) is 2.94. The Morgan fingerprint density at radius 2 is 1.58 bits per heavy atom. The molecule has 2 heterocycles. The average molecular weight is 747 g/mol. The van der Waals surface area contributed by atoms with Gasteiger partial charge in [0.05, 0.1) is 65.0 Å². The average Bonchev–Trinajstić information content (AvgIpc) is 3.55. The standard InChI is InChI=1S/C35H43N3O13S/c1-37(33(40)8-4-15-39)51-34(41)13-17-45-19-21-47-23-24-48-22-20-46-18-14-38-30-7-3-2-6-27(30)9-12-31(38)35-36-29-11-10-28(26-32(29)50-35)49-16-5-25-52(42,43)44/h2-3,6-7,9-12,15,26H,4-5,8,13-14,16-25H2,1H3/p+1. The zero-order valence-electron chi connectivity index (χ0n) is 29.0. The first-order chi connectivity index (χ1) is 25.1. The molecule has 0 spiro atoms. The van der Waals surface area contributed by atoms with E-state index in [1.165, 1.54) is 7.05 Å². The number of benzene rings is 2. The quantitative estimate of drug-likeness (QED) is 0.0362. The number of rotatable bonds is 24. The molecule has 0 saturated carbocycles. The van der Waals surface area contributed by atoms with Gasteiger partial charge >= 0.3 is 5.97 Å². The van der Waals surface area contributed by atoms with E-state index in [1.54, 1.807) is 18.2 Å². The molecule has 0 saturated heterocycles. The molecule has 282 valence electrons. The fourth-order valence-corrected chi connectivity index (χ4v) is 5.37. The third kappa shape index (κ3) is 13.6. The summed E-state index contributed by atoms with van der Waals surface area (Å²) in [6.45, 7) is 3.25. The van der Waals surface area contributed by atoms with Crippen LogP contribution in [0.2, 0.25) is 0 Å². The number of hydroxylamine groups is 2. The Morgan fingerprint density at radius 3 is 2.29 bits per heavy atom. The zero-order valence-corrected chi connectivity index (χ0v) is 29.8. The summed E-state index contributed by atoms with van der Waals surface area (Å²) in [5, 5.41) is 1.87. The van der Waals surface area contributed by atoms with Crippen molar-refractivity contribution in [1.29, 1.82) is 0 Å². The summed E-state index contributed by atoms with van der Waals surface area (Å²) < 4.78 is 66.9. The van der Waals surface area contributed by atoms with Crippen molar-refractivity contribution < 1.29 is 64.9 Å². The molecule has 0 unspecified atom stereocenters. The minimum absolute atomic E-state index is 0.0238. The number of aromatic nitrogens is 2. The van der Waals surface area contributed by atoms with Gasteiger partial charge in [-0.25, -0.2) is 9.78 Å². The summed E-state index contributed by atoms with van der Waals surface area (Å²) in [5.74, 6) is -0.539. The molecule has 4 rings (SSSR count). The maximum atomic E-state index is 11.8. The Labute approximate surface area is 301 Å². The Kier molecular flexibility index (Phi) is 16.3. The topological polar surface area (TPSA) is 194 Å². The van der Waals surface area contributed by atoms with E-state index in [0.717, 1.165) is 21.7 Å². The van der Waals surface area contributed by atoms with Crippen LogP contribution in [0.15, 0.2) is 59.0 Å². The smallest absolute Gasteiger partial charge is 0.334 e. The Morgan fingerprint density at radius 1 is 0.885 bits per heavy atom. The van der Waals surface area contributed by atoms with Crippen molar-refractivity contribution in [2.45, 2.75) is 32.2 Å². The van der Waals surface area contributed by atoms with E-state index in [4.69, 9.17) is 37.5 Å². The lowest BCUT2D eigenvalue weighted by atomic mass is 10.2. The number of aldehydes is 1. The van der Waals surface area contributed by atoms with Crippen molar-refractivity contribution in [2.24, 2.45) is 0 Å². The molecule has 52 heavy (non-hydrogen) atoms. The monoisotopic (exact) mass is 746 g/mol. The highest BCUT2D eigenvalue weighted by Crippen LogP contribution is 2.27. The number of carbonyl (C=O) groups is 3. The molecule has 4 aromatic rings. The normalized spacial score (nSPS) is 11.6. The highest BCUT2D eigenvalue weighted by Gasteiger charge is 2.22. The summed E-state index contributed by atoms with van der Waals surface area (Å²) in [5.41, 5.74) is 2.89. The van der Waals surface area contributed by atoms with Crippen molar-refractivity contribution in [3.63, 3.8) is 0 Å². The maximum absolute atomic E-state index is 11.8. The molecule has 1 N–H and O–H groups in total. The largest absolute Gasteiger partial charge is 0.493 e. The molecule has 0 aliphatic heterocycles. The first kappa shape index (κ1) is 40.3. The van der Waals surface area contributed by atoms with Crippen LogP contribution in [-0.4, -0.2) is 113 Å². The second-order valence-electron chi connectivity index (χ2n) is 11.3. The Bertz CT molecular complexity index is 1870. The van der Waals surface area contributed by atoms with Crippen molar-refractivity contribution >= 4 is 50.3 Å². The SMILES string of the molecule is CN(OC(=O)CCOCCOCCOCCOCC[n+]1c(-c2nc3ccc(OCCCS(=O)(=O)O)cc3o2)ccc2ccccc21)C(=O)CCC=O. The molecule has 0 atom stereocenters. The molecular weight excluding hydrogens is 702 g/mol. The van der Waals surface area contributed by atoms with Crippen molar-refractivity contribution in [3.05, 3.63) is 54.6 Å². The van der Waals surface area contributed by atoms with Crippen LogP contribution >= 0.6 is 0 Å². The fourth-order valence-electron chi connectivity index (χ4n) is 4.89. The summed E-state index contributed by atoms with van der Waals surface area (Å²) in [6.07, 6.45) is 0.785. The van der Waals surface area contributed by atoms with Crippen LogP contribution in [0.3, 0.4) is 0 Å². The third-order valence-electron chi connectivity index (χ3n) is 7.43. The molecule has 0 bridgehead atoms. The summed E-state index contributed by atoms with van der Waals surface area (Å²) >= 11 is 0. The molecule has 0 fully saturated rings. The van der Waals surface area contributed by atoms with Gasteiger partial charge in [-0.1, -0.05) is 12.1 Å².